The van der Waals surface area contributed by atoms with E-state index >= 15 is 0 Å². The number of benzene rings is 1. The molecule has 0 aliphatic heterocycles. The second-order valence-electron chi connectivity index (χ2n) is 3.98. The van der Waals surface area contributed by atoms with Crippen LogP contribution in [0.2, 0.25) is 0 Å². The summed E-state index contributed by atoms with van der Waals surface area (Å²) in [5.74, 6) is -1.16. The van der Waals surface area contributed by atoms with Crippen LogP contribution in [0.3, 0.4) is 0 Å². The summed E-state index contributed by atoms with van der Waals surface area (Å²) in [5.41, 5.74) is 0.766. The molecule has 1 aromatic carbocycles. The summed E-state index contributed by atoms with van der Waals surface area (Å²) in [4.78, 5) is 22.4. The number of amides is 1. The Hall–Kier alpha value is -2.40. The molecule has 2 rings (SSSR count). The van der Waals surface area contributed by atoms with Crippen LogP contribution in [-0.4, -0.2) is 17.0 Å². The third-order valence-electron chi connectivity index (χ3n) is 2.52. The fourth-order valence-corrected chi connectivity index (χ4v) is 1.60. The topological polar surface area (TPSA) is 70.3 Å². The summed E-state index contributed by atoms with van der Waals surface area (Å²) in [6.45, 7) is 0.210. The van der Waals surface area contributed by atoms with E-state index in [0.717, 1.165) is 0 Å². The number of nitrogens with one attached hydrogen (secondary N) is 1. The summed E-state index contributed by atoms with van der Waals surface area (Å²) in [6.07, 6.45) is 3.60. The van der Waals surface area contributed by atoms with Crippen molar-refractivity contribution >= 4 is 17.6 Å². The number of rotatable bonds is 4. The molecule has 1 amide bonds. The fourth-order valence-electron chi connectivity index (χ4n) is 1.60. The van der Waals surface area contributed by atoms with Crippen molar-refractivity contribution in [3.05, 3.63) is 60.4 Å². The van der Waals surface area contributed by atoms with E-state index in [-0.39, 0.29) is 30.4 Å². The second-order valence-corrected chi connectivity index (χ2v) is 3.98. The predicted octanol–water partition coefficient (Wildman–Crippen LogP) is -1.68. The molecule has 0 aliphatic carbocycles. The highest BCUT2D eigenvalue weighted by Gasteiger charge is 2.09. The number of nitrogens with zero attached hydrogens (tertiary/aromatic N) is 1. The molecule has 0 atom stereocenters. The van der Waals surface area contributed by atoms with E-state index in [1.54, 1.807) is 29.1 Å². The first kappa shape index (κ1) is 15.7. The summed E-state index contributed by atoms with van der Waals surface area (Å²) in [7, 11) is 0. The van der Waals surface area contributed by atoms with E-state index in [1.807, 2.05) is 18.2 Å². The van der Waals surface area contributed by atoms with Crippen LogP contribution < -0.4 is 22.3 Å². The van der Waals surface area contributed by atoms with Gasteiger partial charge in [0.2, 0.25) is 6.54 Å². The van der Waals surface area contributed by atoms with Crippen molar-refractivity contribution in [1.82, 2.24) is 0 Å². The number of aromatic carboxylic acids is 1. The number of carboxylic acid groups (broad SMARTS) is 1. The number of anilines is 1. The van der Waals surface area contributed by atoms with E-state index in [1.165, 1.54) is 12.1 Å². The molecule has 0 radical (unpaired) electrons. The first-order valence-electron chi connectivity index (χ1n) is 5.72. The molecule has 5 nitrogen and oxygen atoms in total. The van der Waals surface area contributed by atoms with Gasteiger partial charge in [-0.2, -0.15) is 4.57 Å². The van der Waals surface area contributed by atoms with Crippen molar-refractivity contribution in [2.24, 2.45) is 0 Å². The fraction of sp³-hybridized carbons (Fsp3) is 0.0714. The van der Waals surface area contributed by atoms with Crippen LogP contribution >= 0.6 is 0 Å². The Balaban J connectivity index is 0.00000200. The van der Waals surface area contributed by atoms with E-state index in [9.17, 15) is 9.59 Å². The second kappa shape index (κ2) is 7.25. The van der Waals surface area contributed by atoms with Crippen LogP contribution in [0.4, 0.5) is 5.69 Å². The molecule has 0 aliphatic rings. The largest absolute Gasteiger partial charge is 1.00 e. The molecule has 0 bridgehead atoms. The van der Waals surface area contributed by atoms with Gasteiger partial charge in [0.05, 0.1) is 5.56 Å². The number of aromatic nitrogens is 1. The number of hydrogen-bond acceptors (Lipinski definition) is 2. The third kappa shape index (κ3) is 4.37. The van der Waals surface area contributed by atoms with E-state index in [4.69, 9.17) is 5.11 Å². The maximum absolute atomic E-state index is 11.8. The number of halogens is 1. The molecule has 0 saturated heterocycles. The van der Waals surface area contributed by atoms with Gasteiger partial charge in [-0.05, 0) is 24.3 Å². The van der Waals surface area contributed by atoms with Crippen LogP contribution in [0.25, 0.3) is 0 Å². The van der Waals surface area contributed by atoms with Crippen molar-refractivity contribution in [3.63, 3.8) is 0 Å². The Kier molecular flexibility index (Phi) is 5.68. The highest BCUT2D eigenvalue weighted by atomic mass is 35.5. The maximum atomic E-state index is 11.8. The van der Waals surface area contributed by atoms with Gasteiger partial charge in [-0.15, -0.1) is 0 Å². The smallest absolute Gasteiger partial charge is 0.335 e. The van der Waals surface area contributed by atoms with Crippen LogP contribution in [0.15, 0.2) is 54.9 Å². The van der Waals surface area contributed by atoms with E-state index in [2.05, 4.69) is 5.32 Å². The minimum atomic E-state index is -0.988. The molecular formula is C14H13ClN2O3. The molecule has 0 unspecified atom stereocenters. The predicted molar refractivity (Wildman–Crippen MR) is 68.7 cm³/mol. The number of carboxylic acids is 1. The molecule has 0 saturated carbocycles. The third-order valence-corrected chi connectivity index (χ3v) is 2.52. The van der Waals surface area contributed by atoms with Crippen molar-refractivity contribution in [2.45, 2.75) is 6.54 Å². The van der Waals surface area contributed by atoms with E-state index < -0.39 is 5.97 Å². The molecule has 0 spiro atoms. The zero-order valence-corrected chi connectivity index (χ0v) is 11.2. The lowest BCUT2D eigenvalue weighted by molar-refractivity contribution is -0.684. The molecule has 104 valence electrons. The first-order valence-corrected chi connectivity index (χ1v) is 5.72. The van der Waals surface area contributed by atoms with Gasteiger partial charge in [-0.3, -0.25) is 4.79 Å². The lowest BCUT2D eigenvalue weighted by Gasteiger charge is -2.03. The van der Waals surface area contributed by atoms with Crippen molar-refractivity contribution < 1.29 is 31.7 Å². The highest BCUT2D eigenvalue weighted by molar-refractivity contribution is 5.91. The van der Waals surface area contributed by atoms with Crippen molar-refractivity contribution in [3.8, 4) is 0 Å². The van der Waals surface area contributed by atoms with Crippen LogP contribution in [-0.2, 0) is 11.3 Å². The normalized spacial score (nSPS) is 9.40. The van der Waals surface area contributed by atoms with Gasteiger partial charge in [-0.25, -0.2) is 4.79 Å². The van der Waals surface area contributed by atoms with Crippen LogP contribution in [0.1, 0.15) is 10.4 Å². The average molecular weight is 293 g/mol. The average Bonchev–Trinajstić information content (AvgIpc) is 2.40. The Morgan fingerprint density at radius 3 is 2.20 bits per heavy atom. The molecule has 2 N–H and O–H groups in total. The summed E-state index contributed by atoms with van der Waals surface area (Å²) in [6, 6.07) is 11.6. The molecule has 1 heterocycles. The van der Waals surface area contributed by atoms with Gasteiger partial charge < -0.3 is 22.8 Å². The minimum absolute atomic E-state index is 0. The standard InChI is InChI=1S/C14H12N2O3.ClH/c17-13(10-16-8-2-1-3-9-16)15-12-6-4-11(5-7-12)14(18)19;/h1-9H,10H2,(H-,15,17,18,19);1H. The monoisotopic (exact) mass is 292 g/mol. The summed E-state index contributed by atoms with van der Waals surface area (Å²) in [5, 5.41) is 11.5. The molecule has 20 heavy (non-hydrogen) atoms. The van der Waals surface area contributed by atoms with Gasteiger partial charge in [0.15, 0.2) is 12.4 Å². The Morgan fingerprint density at radius 2 is 1.65 bits per heavy atom. The first-order chi connectivity index (χ1) is 9.15. The number of pyridine rings is 1. The van der Waals surface area contributed by atoms with E-state index in [0.29, 0.717) is 5.69 Å². The van der Waals surface area contributed by atoms with Gasteiger partial charge >= 0.3 is 5.97 Å². The summed E-state index contributed by atoms with van der Waals surface area (Å²) < 4.78 is 1.75. The lowest BCUT2D eigenvalue weighted by atomic mass is 10.2. The number of carbonyl (C=O) groups is 2. The van der Waals surface area contributed by atoms with Crippen molar-refractivity contribution in [2.75, 3.05) is 5.32 Å². The maximum Gasteiger partial charge on any atom is 0.335 e. The number of carbonyl (C=O) groups excluding carboxylic acids is 1. The molecule has 0 fully saturated rings. The van der Waals surface area contributed by atoms with Gasteiger partial charge in [0.25, 0.3) is 5.91 Å². The Morgan fingerprint density at radius 1 is 1.05 bits per heavy atom. The SMILES string of the molecule is O=C(C[n+]1ccccc1)Nc1ccc(C(=O)O)cc1.[Cl-]. The quantitative estimate of drug-likeness (QED) is 0.661. The number of hydrogen-bond donors (Lipinski definition) is 2. The molecule has 6 heteroatoms. The molecular weight excluding hydrogens is 280 g/mol. The zero-order chi connectivity index (χ0) is 13.7. The van der Waals surface area contributed by atoms with Gasteiger partial charge in [-0.1, -0.05) is 6.07 Å². The van der Waals surface area contributed by atoms with Crippen LogP contribution in [0.5, 0.6) is 0 Å². The Labute approximate surface area is 122 Å². The highest BCUT2D eigenvalue weighted by Crippen LogP contribution is 2.09. The Bertz CT molecular complexity index is 585. The minimum Gasteiger partial charge on any atom is -1.00 e. The molecule has 2 aromatic rings. The van der Waals surface area contributed by atoms with Gasteiger partial charge in [0, 0.05) is 17.8 Å². The lowest BCUT2D eigenvalue weighted by Crippen LogP contribution is -3.00. The summed E-state index contributed by atoms with van der Waals surface area (Å²) >= 11 is 0. The zero-order valence-electron chi connectivity index (χ0n) is 10.5. The van der Waals surface area contributed by atoms with Crippen LogP contribution in [0, 0.1) is 0 Å². The van der Waals surface area contributed by atoms with Gasteiger partial charge in [0.1, 0.15) is 0 Å². The molecule has 1 aromatic heterocycles. The van der Waals surface area contributed by atoms with Crippen molar-refractivity contribution in [1.29, 1.82) is 0 Å².